The quantitative estimate of drug-likeness (QED) is 0.309. The van der Waals surface area contributed by atoms with Gasteiger partial charge in [0.2, 0.25) is 0 Å². The molecule has 8 nitrogen and oxygen atoms in total. The minimum Gasteiger partial charge on any atom is -0.464 e. The largest absolute Gasteiger partial charge is 0.464 e. The van der Waals surface area contributed by atoms with Crippen molar-refractivity contribution in [1.82, 2.24) is 4.90 Å². The summed E-state index contributed by atoms with van der Waals surface area (Å²) in [6.07, 6.45) is 4.44. The van der Waals surface area contributed by atoms with Crippen LogP contribution in [0.1, 0.15) is 19.4 Å². The number of esters is 1. The van der Waals surface area contributed by atoms with Crippen LogP contribution in [0.4, 0.5) is 10.5 Å². The normalized spacial score (nSPS) is 10.0. The van der Waals surface area contributed by atoms with Crippen molar-refractivity contribution in [3.63, 3.8) is 0 Å². The fourth-order valence-corrected chi connectivity index (χ4v) is 1.71. The number of nitro groups is 1. The molecule has 1 aromatic carbocycles. The number of nitrogens with zero attached hydrogens (tertiary/aromatic N) is 2. The summed E-state index contributed by atoms with van der Waals surface area (Å²) in [6, 6.07) is 5.58. The lowest BCUT2D eigenvalue weighted by molar-refractivity contribution is -0.384. The van der Waals surface area contributed by atoms with Gasteiger partial charge in [0, 0.05) is 12.1 Å². The molecule has 0 N–H and O–H groups in total. The molecule has 0 aromatic heterocycles. The Labute approximate surface area is 145 Å². The number of carbonyl (C=O) groups excluding carboxylic acids is 2. The van der Waals surface area contributed by atoms with Crippen LogP contribution in [-0.4, -0.2) is 41.6 Å². The molecule has 0 spiro atoms. The highest BCUT2D eigenvalue weighted by atomic mass is 16.6. The molecule has 0 aliphatic heterocycles. The lowest BCUT2D eigenvalue weighted by Crippen LogP contribution is -2.37. The van der Waals surface area contributed by atoms with Crippen molar-refractivity contribution in [3.05, 3.63) is 39.9 Å². The predicted molar refractivity (Wildman–Crippen MR) is 89.5 cm³/mol. The lowest BCUT2D eigenvalue weighted by atomic mass is 10.2. The first kappa shape index (κ1) is 20.0. The van der Waals surface area contributed by atoms with Crippen LogP contribution in [0.15, 0.2) is 24.3 Å². The highest BCUT2D eigenvalue weighted by molar-refractivity contribution is 5.78. The summed E-state index contributed by atoms with van der Waals surface area (Å²) in [5.41, 5.74) is 0.513. The van der Waals surface area contributed by atoms with E-state index in [1.54, 1.807) is 0 Å². The third-order valence-electron chi connectivity index (χ3n) is 2.95. The van der Waals surface area contributed by atoms with Gasteiger partial charge in [0.15, 0.2) is 0 Å². The summed E-state index contributed by atoms with van der Waals surface area (Å²) < 4.78 is 10.1. The maximum atomic E-state index is 12.0. The average molecular weight is 348 g/mol. The molecule has 0 radical (unpaired) electrons. The Bertz CT molecular complexity index is 648. The van der Waals surface area contributed by atoms with E-state index in [-0.39, 0.29) is 37.9 Å². The highest BCUT2D eigenvalue weighted by Gasteiger charge is 2.19. The van der Waals surface area contributed by atoms with Crippen LogP contribution in [0.25, 0.3) is 0 Å². The number of nitro benzene ring substituents is 1. The second kappa shape index (κ2) is 9.93. The van der Waals surface area contributed by atoms with E-state index in [2.05, 4.69) is 5.92 Å². The van der Waals surface area contributed by atoms with Crippen LogP contribution >= 0.6 is 0 Å². The monoisotopic (exact) mass is 348 g/mol. The first-order valence-corrected chi connectivity index (χ1v) is 7.57. The predicted octanol–water partition coefficient (Wildman–Crippen LogP) is 2.37. The molecule has 0 saturated heterocycles. The van der Waals surface area contributed by atoms with Crippen molar-refractivity contribution in [1.29, 1.82) is 0 Å². The van der Waals surface area contributed by atoms with Gasteiger partial charge in [-0.2, -0.15) is 0 Å². The Kier molecular flexibility index (Phi) is 7.93. The second-order valence-electron chi connectivity index (χ2n) is 5.62. The number of amides is 1. The van der Waals surface area contributed by atoms with E-state index in [0.29, 0.717) is 5.56 Å². The summed E-state index contributed by atoms with van der Waals surface area (Å²) in [4.78, 5) is 34.9. The number of hydrogen-bond acceptors (Lipinski definition) is 6. The summed E-state index contributed by atoms with van der Waals surface area (Å²) >= 11 is 0. The maximum Gasteiger partial charge on any atom is 0.411 e. The summed E-state index contributed by atoms with van der Waals surface area (Å²) in [5.74, 6) is 1.89. The molecule has 1 aromatic rings. The van der Waals surface area contributed by atoms with E-state index in [0.717, 1.165) is 4.90 Å². The molecule has 0 fully saturated rings. The van der Waals surface area contributed by atoms with Crippen molar-refractivity contribution >= 4 is 17.7 Å². The van der Waals surface area contributed by atoms with Crippen molar-refractivity contribution in [2.45, 2.75) is 20.5 Å². The molecule has 0 aliphatic carbocycles. The van der Waals surface area contributed by atoms with Gasteiger partial charge in [-0.15, -0.1) is 6.42 Å². The van der Waals surface area contributed by atoms with Crippen molar-refractivity contribution in [3.8, 4) is 12.3 Å². The number of ether oxygens (including phenoxy) is 2. The number of non-ortho nitro benzene ring substituents is 1. The van der Waals surface area contributed by atoms with Crippen molar-refractivity contribution in [2.24, 2.45) is 5.92 Å². The number of benzene rings is 1. The van der Waals surface area contributed by atoms with Gasteiger partial charge in [0.25, 0.3) is 5.69 Å². The molecule has 134 valence electrons. The van der Waals surface area contributed by atoms with Crippen molar-refractivity contribution < 1.29 is 24.0 Å². The average Bonchev–Trinajstić information content (AvgIpc) is 2.57. The van der Waals surface area contributed by atoms with E-state index >= 15 is 0 Å². The van der Waals surface area contributed by atoms with Crippen LogP contribution in [-0.2, 0) is 20.9 Å². The maximum absolute atomic E-state index is 12.0. The van der Waals surface area contributed by atoms with E-state index < -0.39 is 17.0 Å². The van der Waals surface area contributed by atoms with Crippen LogP contribution < -0.4 is 0 Å². The van der Waals surface area contributed by atoms with E-state index in [1.165, 1.54) is 24.3 Å². The molecule has 1 rings (SSSR count). The fourth-order valence-electron chi connectivity index (χ4n) is 1.71. The van der Waals surface area contributed by atoms with Gasteiger partial charge in [0.05, 0.1) is 18.1 Å². The minimum absolute atomic E-state index is 0.0584. The fraction of sp³-hybridized carbons (Fsp3) is 0.412. The van der Waals surface area contributed by atoms with Gasteiger partial charge < -0.3 is 9.47 Å². The summed E-state index contributed by atoms with van der Waals surface area (Å²) in [7, 11) is 0. The van der Waals surface area contributed by atoms with Crippen LogP contribution in [0, 0.1) is 28.4 Å². The first-order valence-electron chi connectivity index (χ1n) is 7.57. The molecule has 0 aliphatic rings. The van der Waals surface area contributed by atoms with E-state index in [9.17, 15) is 19.7 Å². The zero-order chi connectivity index (χ0) is 18.8. The molecular weight excluding hydrogens is 328 g/mol. The Hall–Kier alpha value is -3.08. The van der Waals surface area contributed by atoms with Gasteiger partial charge in [-0.3, -0.25) is 19.8 Å². The smallest absolute Gasteiger partial charge is 0.411 e. The molecule has 1 amide bonds. The lowest BCUT2D eigenvalue weighted by Gasteiger charge is -2.19. The van der Waals surface area contributed by atoms with Gasteiger partial charge >= 0.3 is 12.1 Å². The molecule has 0 unspecified atom stereocenters. The van der Waals surface area contributed by atoms with E-state index in [1.807, 2.05) is 13.8 Å². The number of terminal acetylenes is 1. The molecule has 0 heterocycles. The third kappa shape index (κ3) is 7.35. The molecule has 0 bridgehead atoms. The zero-order valence-corrected chi connectivity index (χ0v) is 14.1. The molecule has 8 heteroatoms. The van der Waals surface area contributed by atoms with Gasteiger partial charge in [0.1, 0.15) is 13.2 Å². The van der Waals surface area contributed by atoms with Gasteiger partial charge in [-0.05, 0) is 23.6 Å². The Morgan fingerprint density at radius 2 is 1.92 bits per heavy atom. The zero-order valence-electron chi connectivity index (χ0n) is 14.1. The number of rotatable bonds is 8. The second-order valence-corrected chi connectivity index (χ2v) is 5.62. The van der Waals surface area contributed by atoms with E-state index in [4.69, 9.17) is 15.9 Å². The molecule has 0 saturated carbocycles. The Morgan fingerprint density at radius 3 is 2.44 bits per heavy atom. The minimum atomic E-state index is -0.766. The van der Waals surface area contributed by atoms with Gasteiger partial charge in [-0.25, -0.2) is 4.79 Å². The highest BCUT2D eigenvalue weighted by Crippen LogP contribution is 2.13. The van der Waals surface area contributed by atoms with Crippen molar-refractivity contribution in [2.75, 3.05) is 19.7 Å². The molecule has 0 atom stereocenters. The summed E-state index contributed by atoms with van der Waals surface area (Å²) in [6.45, 7) is 3.53. The van der Waals surface area contributed by atoms with Crippen LogP contribution in [0.5, 0.6) is 0 Å². The standard InChI is InChI=1S/C17H20N2O6/c1-4-9-18(10-16(20)24-11-13(2)3)17(21)25-12-14-5-7-15(8-6-14)19(22)23/h1,5-8,13H,9-12H2,2-3H3. The molecular formula is C17H20N2O6. The van der Waals surface area contributed by atoms with Gasteiger partial charge in [-0.1, -0.05) is 19.8 Å². The van der Waals surface area contributed by atoms with Crippen LogP contribution in [0.3, 0.4) is 0 Å². The summed E-state index contributed by atoms with van der Waals surface area (Å²) in [5, 5.41) is 10.6. The Morgan fingerprint density at radius 1 is 1.28 bits per heavy atom. The first-order chi connectivity index (χ1) is 11.8. The number of carbonyl (C=O) groups is 2. The van der Waals surface area contributed by atoms with Crippen LogP contribution in [0.2, 0.25) is 0 Å². The molecule has 25 heavy (non-hydrogen) atoms. The SMILES string of the molecule is C#CCN(CC(=O)OCC(C)C)C(=O)OCc1ccc([N+](=O)[O-])cc1. The topological polar surface area (TPSA) is 99.0 Å². The number of hydrogen-bond donors (Lipinski definition) is 0. The third-order valence-corrected chi connectivity index (χ3v) is 2.95. The Balaban J connectivity index is 2.56.